The molecule has 0 radical (unpaired) electrons. The van der Waals surface area contributed by atoms with E-state index in [1.165, 1.54) is 30.4 Å². The van der Waals surface area contributed by atoms with Gasteiger partial charge in [0.05, 0.1) is 25.3 Å². The largest absolute Gasteiger partial charge is 0.496 e. The lowest BCUT2D eigenvalue weighted by Gasteiger charge is -2.20. The van der Waals surface area contributed by atoms with Gasteiger partial charge in [0.25, 0.3) is 5.91 Å². The summed E-state index contributed by atoms with van der Waals surface area (Å²) in [7, 11) is 2.90. The molecule has 1 unspecified atom stereocenters. The normalized spacial score (nSPS) is 15.9. The third-order valence-electron chi connectivity index (χ3n) is 4.91. The van der Waals surface area contributed by atoms with Crippen LogP contribution in [0.3, 0.4) is 0 Å². The van der Waals surface area contributed by atoms with Crippen LogP contribution in [0.1, 0.15) is 50.9 Å². The van der Waals surface area contributed by atoms with Gasteiger partial charge < -0.3 is 14.8 Å². The summed E-state index contributed by atoms with van der Waals surface area (Å²) in [6.07, 6.45) is 3.97. The zero-order valence-corrected chi connectivity index (χ0v) is 16.1. The number of esters is 1. The number of carbonyl (C=O) groups is 2. The minimum absolute atomic E-state index is 0.293. The molecule has 26 heavy (non-hydrogen) atoms. The highest BCUT2D eigenvalue weighted by atomic mass is 32.1. The van der Waals surface area contributed by atoms with Crippen LogP contribution in [0, 0.1) is 5.92 Å². The average Bonchev–Trinajstić information content (AvgIpc) is 3.03. The summed E-state index contributed by atoms with van der Waals surface area (Å²) in [5, 5.41) is 3.47. The Bertz CT molecular complexity index is 827. The number of para-hydroxylation sites is 1. The monoisotopic (exact) mass is 373 g/mol. The predicted molar refractivity (Wildman–Crippen MR) is 102 cm³/mol. The molecule has 5 nitrogen and oxygen atoms in total. The van der Waals surface area contributed by atoms with E-state index < -0.39 is 5.97 Å². The maximum Gasteiger partial charge on any atom is 0.341 e. The lowest BCUT2D eigenvalue weighted by molar-refractivity contribution is 0.0601. The highest BCUT2D eigenvalue weighted by Gasteiger charge is 2.30. The smallest absolute Gasteiger partial charge is 0.341 e. The van der Waals surface area contributed by atoms with Crippen molar-refractivity contribution < 1.29 is 19.1 Å². The Hall–Kier alpha value is -2.34. The Morgan fingerprint density at radius 2 is 2.04 bits per heavy atom. The first kappa shape index (κ1) is 18.5. The molecule has 2 aromatic rings. The molecule has 0 bridgehead atoms. The Labute approximate surface area is 157 Å². The van der Waals surface area contributed by atoms with E-state index in [0.717, 1.165) is 31.2 Å². The quantitative estimate of drug-likeness (QED) is 0.793. The minimum Gasteiger partial charge on any atom is -0.496 e. The van der Waals surface area contributed by atoms with Gasteiger partial charge in [0, 0.05) is 4.88 Å². The van der Waals surface area contributed by atoms with E-state index in [-0.39, 0.29) is 5.91 Å². The maximum absolute atomic E-state index is 12.8. The first-order valence-electron chi connectivity index (χ1n) is 8.76. The third-order valence-corrected chi connectivity index (χ3v) is 6.08. The zero-order chi connectivity index (χ0) is 18.7. The van der Waals surface area contributed by atoms with Crippen molar-refractivity contribution in [1.29, 1.82) is 0 Å². The second-order valence-corrected chi connectivity index (χ2v) is 7.48. The number of fused-ring (bicyclic) bond motifs is 1. The molecule has 1 aromatic heterocycles. The summed E-state index contributed by atoms with van der Waals surface area (Å²) in [6, 6.07) is 7.03. The predicted octanol–water partition coefficient (Wildman–Crippen LogP) is 4.31. The zero-order valence-electron chi connectivity index (χ0n) is 15.3. The minimum atomic E-state index is -0.396. The van der Waals surface area contributed by atoms with Crippen molar-refractivity contribution >= 4 is 28.2 Å². The molecule has 0 aliphatic heterocycles. The summed E-state index contributed by atoms with van der Waals surface area (Å²) < 4.78 is 10.2. The van der Waals surface area contributed by atoms with Crippen molar-refractivity contribution in [3.8, 4) is 5.75 Å². The van der Waals surface area contributed by atoms with Crippen LogP contribution in [0.25, 0.3) is 0 Å². The van der Waals surface area contributed by atoms with Crippen LogP contribution >= 0.6 is 11.3 Å². The topological polar surface area (TPSA) is 64.6 Å². The second kappa shape index (κ2) is 7.91. The first-order chi connectivity index (χ1) is 12.6. The number of rotatable bonds is 5. The number of hydrogen-bond donors (Lipinski definition) is 1. The second-order valence-electron chi connectivity index (χ2n) is 6.37. The number of methoxy groups -OCH3 is 2. The van der Waals surface area contributed by atoms with E-state index in [9.17, 15) is 9.59 Å². The highest BCUT2D eigenvalue weighted by molar-refractivity contribution is 7.17. The van der Waals surface area contributed by atoms with Crippen LogP contribution in [0.4, 0.5) is 5.00 Å². The molecule has 0 saturated heterocycles. The molecule has 138 valence electrons. The first-order valence-corrected chi connectivity index (χ1v) is 9.57. The molecule has 1 aliphatic carbocycles. The molecule has 1 amide bonds. The van der Waals surface area contributed by atoms with E-state index in [1.807, 2.05) is 6.07 Å². The van der Waals surface area contributed by atoms with Crippen molar-refractivity contribution in [2.75, 3.05) is 19.5 Å². The lowest BCUT2D eigenvalue weighted by atomic mass is 9.85. The van der Waals surface area contributed by atoms with E-state index in [4.69, 9.17) is 9.47 Å². The van der Waals surface area contributed by atoms with Gasteiger partial charge in [-0.3, -0.25) is 4.79 Å². The van der Waals surface area contributed by atoms with Crippen LogP contribution in [-0.2, 0) is 17.6 Å². The number of ether oxygens (including phenoxy) is 2. The number of amides is 1. The summed E-state index contributed by atoms with van der Waals surface area (Å²) >= 11 is 1.49. The fraction of sp³-hybridized carbons (Fsp3) is 0.400. The molecule has 1 aliphatic rings. The number of anilines is 1. The average molecular weight is 373 g/mol. The number of benzene rings is 1. The Balaban J connectivity index is 1.95. The molecule has 1 atom stereocenters. The van der Waals surface area contributed by atoms with Gasteiger partial charge in [-0.1, -0.05) is 25.5 Å². The molecule has 6 heteroatoms. The third kappa shape index (κ3) is 3.46. The summed E-state index contributed by atoms with van der Waals surface area (Å²) in [5.41, 5.74) is 1.97. The lowest BCUT2D eigenvalue weighted by Crippen LogP contribution is -2.17. The van der Waals surface area contributed by atoms with Crippen LogP contribution in [0.2, 0.25) is 0 Å². The molecular weight excluding hydrogens is 350 g/mol. The molecule has 1 aromatic carbocycles. The number of thiophene rings is 1. The van der Waals surface area contributed by atoms with Crippen molar-refractivity contribution in [3.05, 3.63) is 45.8 Å². The van der Waals surface area contributed by atoms with Gasteiger partial charge in [0.15, 0.2) is 0 Å². The van der Waals surface area contributed by atoms with Crippen molar-refractivity contribution in [1.82, 2.24) is 0 Å². The van der Waals surface area contributed by atoms with Gasteiger partial charge >= 0.3 is 5.97 Å². The molecule has 1 heterocycles. The molecular formula is C20H23NO4S. The van der Waals surface area contributed by atoms with Gasteiger partial charge in [-0.2, -0.15) is 0 Å². The van der Waals surface area contributed by atoms with E-state index in [1.54, 1.807) is 18.2 Å². The molecule has 3 rings (SSSR count). The number of hydrogen-bond acceptors (Lipinski definition) is 5. The van der Waals surface area contributed by atoms with Crippen molar-refractivity contribution in [2.45, 2.75) is 32.6 Å². The summed E-state index contributed by atoms with van der Waals surface area (Å²) in [5.74, 6) is 0.437. The Morgan fingerprint density at radius 3 is 2.73 bits per heavy atom. The van der Waals surface area contributed by atoms with E-state index in [0.29, 0.717) is 27.8 Å². The number of nitrogens with one attached hydrogen (secondary N) is 1. The number of carbonyl (C=O) groups excluding carboxylic acids is 2. The fourth-order valence-corrected chi connectivity index (χ4v) is 4.76. The standard InChI is InChI=1S/C20H23NO4S/c1-4-12-9-10-14-16(11-12)26-19(17(14)20(23)25-3)21-18(22)13-7-5-6-8-15(13)24-2/h5-8,12H,4,9-11H2,1-3H3,(H,21,22). The summed E-state index contributed by atoms with van der Waals surface area (Å²) in [6.45, 7) is 2.19. The van der Waals surface area contributed by atoms with E-state index >= 15 is 0 Å². The van der Waals surface area contributed by atoms with Gasteiger partial charge in [0.2, 0.25) is 0 Å². The SMILES string of the molecule is CCC1CCc2c(sc(NC(=O)c3ccccc3OC)c2C(=O)OC)C1. The molecule has 0 fully saturated rings. The Kier molecular flexibility index (Phi) is 5.61. The maximum atomic E-state index is 12.8. The Morgan fingerprint density at radius 1 is 1.27 bits per heavy atom. The summed E-state index contributed by atoms with van der Waals surface area (Å²) in [4.78, 5) is 26.3. The fourth-order valence-electron chi connectivity index (χ4n) is 3.41. The molecule has 0 saturated carbocycles. The van der Waals surface area contributed by atoms with Crippen LogP contribution in [0.15, 0.2) is 24.3 Å². The van der Waals surface area contributed by atoms with Crippen LogP contribution in [-0.4, -0.2) is 26.1 Å². The van der Waals surface area contributed by atoms with E-state index in [2.05, 4.69) is 12.2 Å². The van der Waals surface area contributed by atoms with Crippen molar-refractivity contribution in [2.24, 2.45) is 5.92 Å². The van der Waals surface area contributed by atoms with Crippen LogP contribution in [0.5, 0.6) is 5.75 Å². The highest BCUT2D eigenvalue weighted by Crippen LogP contribution is 2.41. The van der Waals surface area contributed by atoms with Gasteiger partial charge in [0.1, 0.15) is 10.8 Å². The van der Waals surface area contributed by atoms with Crippen molar-refractivity contribution in [3.63, 3.8) is 0 Å². The van der Waals surface area contributed by atoms with Gasteiger partial charge in [-0.15, -0.1) is 11.3 Å². The molecule has 1 N–H and O–H groups in total. The van der Waals surface area contributed by atoms with Gasteiger partial charge in [-0.25, -0.2) is 4.79 Å². The molecule has 0 spiro atoms. The van der Waals surface area contributed by atoms with Crippen LogP contribution < -0.4 is 10.1 Å². The van der Waals surface area contributed by atoms with Gasteiger partial charge in [-0.05, 0) is 42.9 Å².